The fraction of sp³-hybridized carbons (Fsp3) is 0.133. The first-order valence-electron chi connectivity index (χ1n) is 5.82. The Morgan fingerprint density at radius 1 is 1.05 bits per heavy atom. The molecule has 4 heteroatoms. The molecule has 1 heterocycles. The van der Waals surface area contributed by atoms with Gasteiger partial charge in [-0.1, -0.05) is 35.3 Å². The number of hydrogen-bond donors (Lipinski definition) is 0. The maximum atomic E-state index is 12.5. The van der Waals surface area contributed by atoms with Crippen LogP contribution in [0, 0.1) is 0 Å². The zero-order valence-electron chi connectivity index (χ0n) is 9.90. The van der Waals surface area contributed by atoms with Crippen LogP contribution in [0.25, 0.3) is 0 Å². The molecule has 1 atom stereocenters. The maximum Gasteiger partial charge on any atom is 0.201 e. The zero-order valence-corrected chi connectivity index (χ0v) is 11.4. The van der Waals surface area contributed by atoms with Crippen LogP contribution in [-0.2, 0) is 10.3 Å². The summed E-state index contributed by atoms with van der Waals surface area (Å²) in [5, 5.41) is 1.20. The number of Topliss-reactive ketones (excluding diaryl/α,β-unsaturated/α-hetero) is 1. The molecule has 0 aromatic heterocycles. The van der Waals surface area contributed by atoms with E-state index in [1.165, 1.54) is 0 Å². The molecule has 0 amide bonds. The summed E-state index contributed by atoms with van der Waals surface area (Å²) in [4.78, 5) is 12.5. The van der Waals surface area contributed by atoms with Gasteiger partial charge in [0.25, 0.3) is 0 Å². The van der Waals surface area contributed by atoms with E-state index in [1.54, 1.807) is 36.4 Å². The van der Waals surface area contributed by atoms with Crippen LogP contribution < -0.4 is 0 Å². The highest BCUT2D eigenvalue weighted by Gasteiger charge is 2.53. The third kappa shape index (κ3) is 2.27. The van der Waals surface area contributed by atoms with Crippen molar-refractivity contribution in [3.05, 3.63) is 69.7 Å². The molecule has 0 bridgehead atoms. The van der Waals surface area contributed by atoms with Crippen LogP contribution in [0.15, 0.2) is 48.5 Å². The monoisotopic (exact) mass is 292 g/mol. The second kappa shape index (κ2) is 4.64. The summed E-state index contributed by atoms with van der Waals surface area (Å²) in [5.41, 5.74) is 0.500. The number of ketones is 1. The second-order valence-electron chi connectivity index (χ2n) is 4.46. The summed E-state index contributed by atoms with van der Waals surface area (Å²) in [6.45, 7) is 0.384. The van der Waals surface area contributed by atoms with E-state index in [9.17, 15) is 4.79 Å². The molecule has 0 saturated carbocycles. The van der Waals surface area contributed by atoms with Gasteiger partial charge in [0.15, 0.2) is 5.60 Å². The molecule has 2 aromatic rings. The summed E-state index contributed by atoms with van der Waals surface area (Å²) in [6, 6.07) is 14.0. The highest BCUT2D eigenvalue weighted by atomic mass is 35.5. The maximum absolute atomic E-state index is 12.5. The summed E-state index contributed by atoms with van der Waals surface area (Å²) in [6.07, 6.45) is 0. The lowest BCUT2D eigenvalue weighted by molar-refractivity contribution is 0.0871. The average molecular weight is 293 g/mol. The molecule has 1 fully saturated rings. The molecular formula is C15H10Cl2O2. The molecule has 1 saturated heterocycles. The highest BCUT2D eigenvalue weighted by molar-refractivity contribution is 6.31. The van der Waals surface area contributed by atoms with Crippen LogP contribution in [0.3, 0.4) is 0 Å². The van der Waals surface area contributed by atoms with Crippen molar-refractivity contribution in [3.63, 3.8) is 0 Å². The standard InChI is InChI=1S/C15H10Cl2O2/c16-12-6-4-10(5-7-12)14(18)15(9-19-15)11-2-1-3-13(17)8-11/h1-8H,9H2. The van der Waals surface area contributed by atoms with E-state index in [2.05, 4.69) is 0 Å². The Hall–Kier alpha value is -1.35. The van der Waals surface area contributed by atoms with Gasteiger partial charge in [-0.05, 0) is 42.0 Å². The largest absolute Gasteiger partial charge is 0.356 e. The fourth-order valence-electron chi connectivity index (χ4n) is 2.08. The van der Waals surface area contributed by atoms with Gasteiger partial charge in [0, 0.05) is 15.6 Å². The lowest BCUT2D eigenvalue weighted by atomic mass is 9.91. The Morgan fingerprint density at radius 2 is 1.74 bits per heavy atom. The van der Waals surface area contributed by atoms with Crippen LogP contribution in [0.5, 0.6) is 0 Å². The molecule has 96 valence electrons. The molecule has 0 spiro atoms. The molecule has 1 aliphatic rings. The number of carbonyl (C=O) groups is 1. The smallest absolute Gasteiger partial charge is 0.201 e. The topological polar surface area (TPSA) is 29.6 Å². The van der Waals surface area contributed by atoms with Crippen LogP contribution in [0.2, 0.25) is 10.0 Å². The number of hydrogen-bond acceptors (Lipinski definition) is 2. The van der Waals surface area contributed by atoms with Gasteiger partial charge in [0.1, 0.15) is 0 Å². The van der Waals surface area contributed by atoms with Crippen molar-refractivity contribution in [3.8, 4) is 0 Å². The number of epoxide rings is 1. The van der Waals surface area contributed by atoms with Gasteiger partial charge in [-0.15, -0.1) is 0 Å². The number of ether oxygens (including phenoxy) is 1. The highest BCUT2D eigenvalue weighted by Crippen LogP contribution is 2.42. The normalized spacial score (nSPS) is 21.2. The minimum Gasteiger partial charge on any atom is -0.356 e. The van der Waals surface area contributed by atoms with Crippen molar-refractivity contribution in [1.29, 1.82) is 0 Å². The molecular weight excluding hydrogens is 283 g/mol. The predicted molar refractivity (Wildman–Crippen MR) is 74.9 cm³/mol. The zero-order chi connectivity index (χ0) is 13.5. The van der Waals surface area contributed by atoms with E-state index >= 15 is 0 Å². The summed E-state index contributed by atoms with van der Waals surface area (Å²) < 4.78 is 5.44. The van der Waals surface area contributed by atoms with E-state index in [4.69, 9.17) is 27.9 Å². The molecule has 1 unspecified atom stereocenters. The van der Waals surface area contributed by atoms with Crippen molar-refractivity contribution in [2.45, 2.75) is 5.60 Å². The molecule has 2 nitrogen and oxygen atoms in total. The first kappa shape index (κ1) is 12.7. The predicted octanol–water partition coefficient (Wildman–Crippen LogP) is 4.10. The first-order valence-corrected chi connectivity index (χ1v) is 6.58. The lowest BCUT2D eigenvalue weighted by Gasteiger charge is -2.11. The first-order chi connectivity index (χ1) is 9.12. The third-order valence-corrected chi connectivity index (χ3v) is 3.68. The van der Waals surface area contributed by atoms with E-state index in [0.29, 0.717) is 22.2 Å². The van der Waals surface area contributed by atoms with Crippen molar-refractivity contribution < 1.29 is 9.53 Å². The Bertz CT molecular complexity index is 631. The lowest BCUT2D eigenvalue weighted by Crippen LogP contribution is -2.22. The average Bonchev–Trinajstić information content (AvgIpc) is 3.20. The summed E-state index contributed by atoms with van der Waals surface area (Å²) >= 11 is 11.8. The fourth-order valence-corrected chi connectivity index (χ4v) is 2.39. The van der Waals surface area contributed by atoms with Crippen molar-refractivity contribution in [2.75, 3.05) is 6.61 Å². The van der Waals surface area contributed by atoms with Crippen molar-refractivity contribution in [2.24, 2.45) is 0 Å². The van der Waals surface area contributed by atoms with Gasteiger partial charge in [-0.2, -0.15) is 0 Å². The number of rotatable bonds is 3. The van der Waals surface area contributed by atoms with Crippen molar-refractivity contribution in [1.82, 2.24) is 0 Å². The number of benzene rings is 2. The molecule has 0 N–H and O–H groups in total. The van der Waals surface area contributed by atoms with Crippen LogP contribution >= 0.6 is 23.2 Å². The third-order valence-electron chi connectivity index (χ3n) is 3.20. The summed E-state index contributed by atoms with van der Waals surface area (Å²) in [7, 11) is 0. The molecule has 3 rings (SSSR count). The van der Waals surface area contributed by atoms with E-state index in [-0.39, 0.29) is 5.78 Å². The van der Waals surface area contributed by atoms with E-state index in [0.717, 1.165) is 5.56 Å². The molecule has 2 aromatic carbocycles. The Kier molecular flexibility index (Phi) is 3.09. The van der Waals surface area contributed by atoms with Gasteiger partial charge < -0.3 is 4.74 Å². The second-order valence-corrected chi connectivity index (χ2v) is 5.33. The van der Waals surface area contributed by atoms with Gasteiger partial charge in [-0.3, -0.25) is 4.79 Å². The van der Waals surface area contributed by atoms with E-state index in [1.807, 2.05) is 12.1 Å². The summed E-state index contributed by atoms with van der Waals surface area (Å²) in [5.74, 6) is -0.0635. The quantitative estimate of drug-likeness (QED) is 0.630. The van der Waals surface area contributed by atoms with Gasteiger partial charge in [-0.25, -0.2) is 0 Å². The minimum atomic E-state index is -0.876. The minimum absolute atomic E-state index is 0.0635. The van der Waals surface area contributed by atoms with Gasteiger partial charge in [0.05, 0.1) is 6.61 Å². The van der Waals surface area contributed by atoms with E-state index < -0.39 is 5.60 Å². The molecule has 0 radical (unpaired) electrons. The van der Waals surface area contributed by atoms with Crippen molar-refractivity contribution >= 4 is 29.0 Å². The number of halogens is 2. The van der Waals surface area contributed by atoms with Crippen LogP contribution in [0.1, 0.15) is 15.9 Å². The number of carbonyl (C=O) groups excluding carboxylic acids is 1. The Morgan fingerprint density at radius 3 is 2.32 bits per heavy atom. The van der Waals surface area contributed by atoms with Gasteiger partial charge in [0.2, 0.25) is 5.78 Å². The SMILES string of the molecule is O=C(c1ccc(Cl)cc1)C1(c2cccc(Cl)c2)CO1. The van der Waals surface area contributed by atoms with Gasteiger partial charge >= 0.3 is 0 Å². The van der Waals surface area contributed by atoms with Crippen LogP contribution in [-0.4, -0.2) is 12.4 Å². The Balaban J connectivity index is 1.97. The molecule has 0 aliphatic carbocycles. The Labute approximate surface area is 120 Å². The molecule has 1 aliphatic heterocycles. The van der Waals surface area contributed by atoms with Crippen LogP contribution in [0.4, 0.5) is 0 Å². The molecule has 19 heavy (non-hydrogen) atoms.